The lowest BCUT2D eigenvalue weighted by Gasteiger charge is -2.28. The van der Waals surface area contributed by atoms with E-state index in [1.165, 1.54) is 12.1 Å². The number of ether oxygens (including phenoxy) is 1. The normalized spacial score (nSPS) is 14.9. The number of halogens is 2. The molecule has 1 saturated heterocycles. The van der Waals surface area contributed by atoms with Gasteiger partial charge in [0.2, 0.25) is 0 Å². The van der Waals surface area contributed by atoms with Gasteiger partial charge in [-0.2, -0.15) is 0 Å². The lowest BCUT2D eigenvalue weighted by molar-refractivity contribution is 0.0355. The maximum absolute atomic E-state index is 13.7. The quantitative estimate of drug-likeness (QED) is 0.668. The molecule has 0 bridgehead atoms. The first-order valence-electron chi connectivity index (χ1n) is 9.06. The number of benzene rings is 1. The lowest BCUT2D eigenvalue weighted by Crippen LogP contribution is -2.39. The Morgan fingerprint density at radius 1 is 1.22 bits per heavy atom. The van der Waals surface area contributed by atoms with Crippen molar-refractivity contribution in [3.63, 3.8) is 0 Å². The van der Waals surface area contributed by atoms with Crippen molar-refractivity contribution in [2.45, 2.75) is 13.0 Å². The summed E-state index contributed by atoms with van der Waals surface area (Å²) in [5.74, 6) is -0.598. The molecule has 3 rings (SSSR count). The maximum Gasteiger partial charge on any atom is 0.254 e. The minimum absolute atomic E-state index is 0.172. The predicted molar refractivity (Wildman–Crippen MR) is 105 cm³/mol. The summed E-state index contributed by atoms with van der Waals surface area (Å²) < 4.78 is 19.7. The number of morpholine rings is 1. The molecule has 2 heterocycles. The van der Waals surface area contributed by atoms with Crippen molar-refractivity contribution in [2.75, 3.05) is 39.4 Å². The highest BCUT2D eigenvalue weighted by atomic mass is 79.9. The number of rotatable bonds is 7. The van der Waals surface area contributed by atoms with Crippen LogP contribution in [0, 0.1) is 5.82 Å². The SMILES string of the molecule is O=C(c1cc(F)cc(Br)c1)N(CCCN1CCOCC1)Cc1ccncc1. The molecule has 0 aliphatic carbocycles. The van der Waals surface area contributed by atoms with Crippen LogP contribution in [-0.2, 0) is 11.3 Å². The number of hydrogen-bond donors (Lipinski definition) is 0. The van der Waals surface area contributed by atoms with Crippen LogP contribution in [0.3, 0.4) is 0 Å². The molecular weight excluding hydrogens is 413 g/mol. The first-order valence-corrected chi connectivity index (χ1v) is 9.85. The van der Waals surface area contributed by atoms with Crippen LogP contribution in [0.25, 0.3) is 0 Å². The lowest BCUT2D eigenvalue weighted by atomic mass is 10.1. The third-order valence-electron chi connectivity index (χ3n) is 4.53. The molecule has 2 aromatic rings. The topological polar surface area (TPSA) is 45.7 Å². The van der Waals surface area contributed by atoms with Crippen molar-refractivity contribution in [1.82, 2.24) is 14.8 Å². The van der Waals surface area contributed by atoms with Gasteiger partial charge in [0.1, 0.15) is 5.82 Å². The Morgan fingerprint density at radius 3 is 2.67 bits per heavy atom. The van der Waals surface area contributed by atoms with Crippen molar-refractivity contribution < 1.29 is 13.9 Å². The van der Waals surface area contributed by atoms with Gasteiger partial charge < -0.3 is 9.64 Å². The Labute approximate surface area is 167 Å². The molecule has 1 aliphatic rings. The van der Waals surface area contributed by atoms with Gasteiger partial charge in [-0.25, -0.2) is 4.39 Å². The van der Waals surface area contributed by atoms with Crippen LogP contribution in [0.1, 0.15) is 22.3 Å². The van der Waals surface area contributed by atoms with E-state index in [0.29, 0.717) is 23.1 Å². The summed E-state index contributed by atoms with van der Waals surface area (Å²) in [5.41, 5.74) is 1.35. The van der Waals surface area contributed by atoms with Crippen molar-refractivity contribution in [3.8, 4) is 0 Å². The molecule has 0 atom stereocenters. The molecular formula is C20H23BrFN3O2. The Bertz CT molecular complexity index is 734. The van der Waals surface area contributed by atoms with Gasteiger partial charge >= 0.3 is 0 Å². The van der Waals surface area contributed by atoms with Crippen molar-refractivity contribution in [2.24, 2.45) is 0 Å². The summed E-state index contributed by atoms with van der Waals surface area (Å²) in [4.78, 5) is 21.2. The van der Waals surface area contributed by atoms with Crippen LogP contribution in [0.4, 0.5) is 4.39 Å². The zero-order chi connectivity index (χ0) is 19.1. The van der Waals surface area contributed by atoms with Crippen LogP contribution in [0.15, 0.2) is 47.2 Å². The van der Waals surface area contributed by atoms with Crippen LogP contribution in [0.5, 0.6) is 0 Å². The zero-order valence-electron chi connectivity index (χ0n) is 15.1. The third-order valence-corrected chi connectivity index (χ3v) is 4.98. The average molecular weight is 436 g/mol. The van der Waals surface area contributed by atoms with E-state index in [1.54, 1.807) is 23.4 Å². The molecule has 1 aromatic carbocycles. The molecule has 0 radical (unpaired) electrons. The third kappa shape index (κ3) is 6.09. The highest BCUT2D eigenvalue weighted by molar-refractivity contribution is 9.10. The van der Waals surface area contributed by atoms with E-state index in [2.05, 4.69) is 25.8 Å². The molecule has 1 aliphatic heterocycles. The summed E-state index contributed by atoms with van der Waals surface area (Å²) >= 11 is 3.26. The molecule has 1 aromatic heterocycles. The fourth-order valence-corrected chi connectivity index (χ4v) is 3.60. The number of amides is 1. The molecule has 0 unspecified atom stereocenters. The molecule has 0 spiro atoms. The van der Waals surface area contributed by atoms with Gasteiger partial charge in [0, 0.05) is 55.2 Å². The number of pyridine rings is 1. The molecule has 144 valence electrons. The largest absolute Gasteiger partial charge is 0.379 e. The summed E-state index contributed by atoms with van der Waals surface area (Å²) in [6, 6.07) is 8.08. The molecule has 1 amide bonds. The van der Waals surface area contributed by atoms with Crippen LogP contribution >= 0.6 is 15.9 Å². The average Bonchev–Trinajstić information content (AvgIpc) is 2.67. The Hall–Kier alpha value is -1.83. The fourth-order valence-electron chi connectivity index (χ4n) is 3.13. The second-order valence-electron chi connectivity index (χ2n) is 6.55. The van der Waals surface area contributed by atoms with Crippen LogP contribution < -0.4 is 0 Å². The van der Waals surface area contributed by atoms with Crippen LogP contribution in [-0.4, -0.2) is 60.1 Å². The van der Waals surface area contributed by atoms with Gasteiger partial charge in [0.25, 0.3) is 5.91 Å². The van der Waals surface area contributed by atoms with Gasteiger partial charge in [-0.1, -0.05) is 15.9 Å². The van der Waals surface area contributed by atoms with E-state index in [0.717, 1.165) is 44.8 Å². The summed E-state index contributed by atoms with van der Waals surface area (Å²) in [6.07, 6.45) is 4.28. The second-order valence-corrected chi connectivity index (χ2v) is 7.46. The second kappa shape index (κ2) is 9.92. The number of aromatic nitrogens is 1. The van der Waals surface area contributed by atoms with Gasteiger partial charge in [-0.05, 0) is 42.3 Å². The standard InChI is InChI=1S/C20H23BrFN3O2/c21-18-12-17(13-19(22)14-18)20(26)25(15-16-2-4-23-5-3-16)7-1-6-24-8-10-27-11-9-24/h2-5,12-14H,1,6-11,15H2. The minimum atomic E-state index is -0.426. The highest BCUT2D eigenvalue weighted by Gasteiger charge is 2.18. The van der Waals surface area contributed by atoms with E-state index in [4.69, 9.17) is 4.74 Å². The molecule has 0 saturated carbocycles. The molecule has 5 nitrogen and oxygen atoms in total. The van der Waals surface area contributed by atoms with E-state index in [-0.39, 0.29) is 5.91 Å². The van der Waals surface area contributed by atoms with Crippen molar-refractivity contribution in [1.29, 1.82) is 0 Å². The van der Waals surface area contributed by atoms with E-state index in [1.807, 2.05) is 12.1 Å². The number of nitrogens with zero attached hydrogens (tertiary/aromatic N) is 3. The van der Waals surface area contributed by atoms with E-state index >= 15 is 0 Å². The maximum atomic E-state index is 13.7. The molecule has 7 heteroatoms. The summed E-state index contributed by atoms with van der Waals surface area (Å²) in [5, 5.41) is 0. The minimum Gasteiger partial charge on any atom is -0.379 e. The summed E-state index contributed by atoms with van der Waals surface area (Å²) in [7, 11) is 0. The van der Waals surface area contributed by atoms with Crippen LogP contribution in [0.2, 0.25) is 0 Å². The predicted octanol–water partition coefficient (Wildman–Crippen LogP) is 3.35. The molecule has 1 fully saturated rings. The van der Waals surface area contributed by atoms with Crippen molar-refractivity contribution in [3.05, 3.63) is 64.1 Å². The molecule has 0 N–H and O–H groups in total. The van der Waals surface area contributed by atoms with E-state index < -0.39 is 5.82 Å². The van der Waals surface area contributed by atoms with Gasteiger partial charge in [-0.15, -0.1) is 0 Å². The Balaban J connectivity index is 1.69. The Morgan fingerprint density at radius 2 is 1.96 bits per heavy atom. The monoisotopic (exact) mass is 435 g/mol. The fraction of sp³-hybridized carbons (Fsp3) is 0.400. The van der Waals surface area contributed by atoms with Gasteiger partial charge in [0.15, 0.2) is 0 Å². The number of hydrogen-bond acceptors (Lipinski definition) is 4. The number of carbonyl (C=O) groups is 1. The smallest absolute Gasteiger partial charge is 0.254 e. The first-order chi connectivity index (χ1) is 13.1. The van der Waals surface area contributed by atoms with Crippen molar-refractivity contribution >= 4 is 21.8 Å². The van der Waals surface area contributed by atoms with Gasteiger partial charge in [-0.3, -0.25) is 14.7 Å². The first kappa shape index (κ1) is 19.9. The van der Waals surface area contributed by atoms with E-state index in [9.17, 15) is 9.18 Å². The van der Waals surface area contributed by atoms with Gasteiger partial charge in [0.05, 0.1) is 13.2 Å². The Kier molecular flexibility index (Phi) is 7.32. The summed E-state index contributed by atoms with van der Waals surface area (Å²) in [6.45, 7) is 5.36. The zero-order valence-corrected chi connectivity index (χ0v) is 16.7. The highest BCUT2D eigenvalue weighted by Crippen LogP contribution is 2.18. The number of carbonyl (C=O) groups excluding carboxylic acids is 1. The molecule has 27 heavy (non-hydrogen) atoms.